The van der Waals surface area contributed by atoms with E-state index in [2.05, 4.69) is 25.3 Å². The van der Waals surface area contributed by atoms with Crippen LogP contribution in [0.25, 0.3) is 10.8 Å². The van der Waals surface area contributed by atoms with Gasteiger partial charge in [0.25, 0.3) is 0 Å². The first-order chi connectivity index (χ1) is 17.7. The fourth-order valence-corrected chi connectivity index (χ4v) is 6.71. The summed E-state index contributed by atoms with van der Waals surface area (Å²) in [5.41, 5.74) is 4.01. The maximum absolute atomic E-state index is 13.6. The summed E-state index contributed by atoms with van der Waals surface area (Å²) in [6.45, 7) is 6.32. The van der Waals surface area contributed by atoms with Gasteiger partial charge in [-0.3, -0.25) is 14.2 Å². The minimum absolute atomic E-state index is 0.103. The average molecular weight is 521 g/mol. The lowest BCUT2D eigenvalue weighted by Crippen LogP contribution is -2.28. The van der Waals surface area contributed by atoms with Crippen molar-refractivity contribution in [3.05, 3.63) is 53.2 Å². The standard InChI is InChI=1S/C26H32N8O2S/c1-15(2)12-29-37(35,36)24-11-19-18(21-13-27-22(10-20(21)24)17-5-6-17)7-8-23(19)34-14-28-31-26(34)30-25-9-16(3)32-33(25)4/h9-11,13-15,17,23,29H,5-8,12H2,1-4H3,(H,30,31)/t23-/m1/s1. The predicted molar refractivity (Wildman–Crippen MR) is 141 cm³/mol. The van der Waals surface area contributed by atoms with Crippen molar-refractivity contribution in [1.82, 2.24) is 34.3 Å². The summed E-state index contributed by atoms with van der Waals surface area (Å²) in [5.74, 6) is 2.03. The Morgan fingerprint density at radius 3 is 2.65 bits per heavy atom. The van der Waals surface area contributed by atoms with Crippen molar-refractivity contribution in [3.8, 4) is 0 Å². The van der Waals surface area contributed by atoms with Gasteiger partial charge in [0.15, 0.2) is 0 Å². The molecule has 2 aliphatic carbocycles. The Balaban J connectivity index is 1.46. The van der Waals surface area contributed by atoms with Crippen LogP contribution in [0.4, 0.5) is 11.8 Å². The van der Waals surface area contributed by atoms with E-state index in [9.17, 15) is 8.42 Å². The maximum Gasteiger partial charge on any atom is 0.241 e. The third-order valence-corrected chi connectivity index (χ3v) is 8.76. The van der Waals surface area contributed by atoms with E-state index in [1.807, 2.05) is 56.8 Å². The smallest absolute Gasteiger partial charge is 0.241 e. The van der Waals surface area contributed by atoms with Crippen LogP contribution in [0, 0.1) is 12.8 Å². The Labute approximate surface area is 216 Å². The molecule has 3 heterocycles. The molecule has 194 valence electrons. The minimum Gasteiger partial charge on any atom is -0.309 e. The van der Waals surface area contributed by atoms with Crippen molar-refractivity contribution < 1.29 is 8.42 Å². The fraction of sp³-hybridized carbons (Fsp3) is 0.462. The first kappa shape index (κ1) is 24.1. The van der Waals surface area contributed by atoms with Crippen LogP contribution in [0.2, 0.25) is 0 Å². The number of nitrogens with one attached hydrogen (secondary N) is 2. The molecule has 1 aromatic carbocycles. The van der Waals surface area contributed by atoms with Gasteiger partial charge in [-0.25, -0.2) is 13.1 Å². The maximum atomic E-state index is 13.6. The number of benzene rings is 1. The monoisotopic (exact) mass is 520 g/mol. The largest absolute Gasteiger partial charge is 0.309 e. The van der Waals surface area contributed by atoms with Crippen LogP contribution < -0.4 is 10.0 Å². The molecule has 4 aromatic rings. The van der Waals surface area contributed by atoms with Gasteiger partial charge in [0.1, 0.15) is 12.1 Å². The highest BCUT2D eigenvalue weighted by molar-refractivity contribution is 7.89. The molecule has 3 aromatic heterocycles. The number of hydrogen-bond acceptors (Lipinski definition) is 7. The highest BCUT2D eigenvalue weighted by atomic mass is 32.2. The molecular formula is C26H32N8O2S. The summed E-state index contributed by atoms with van der Waals surface area (Å²) in [5, 5.41) is 17.9. The van der Waals surface area contributed by atoms with Gasteiger partial charge < -0.3 is 5.32 Å². The molecule has 1 atom stereocenters. The number of aryl methyl sites for hydroxylation is 3. The Bertz CT molecular complexity index is 1600. The van der Waals surface area contributed by atoms with Crippen molar-refractivity contribution in [3.63, 3.8) is 0 Å². The molecule has 0 unspecified atom stereocenters. The quantitative estimate of drug-likeness (QED) is 0.361. The molecular weight excluding hydrogens is 488 g/mol. The molecule has 0 spiro atoms. The second-order valence-electron chi connectivity index (χ2n) is 10.7. The van der Waals surface area contributed by atoms with Crippen LogP contribution in [0.15, 0.2) is 35.6 Å². The van der Waals surface area contributed by atoms with E-state index < -0.39 is 10.0 Å². The predicted octanol–water partition coefficient (Wildman–Crippen LogP) is 3.96. The first-order valence-electron chi connectivity index (χ1n) is 12.8. The molecule has 2 aliphatic rings. The van der Waals surface area contributed by atoms with Gasteiger partial charge in [-0.15, -0.1) is 10.2 Å². The number of nitrogens with zero attached hydrogens (tertiary/aromatic N) is 6. The molecule has 10 nitrogen and oxygen atoms in total. The summed E-state index contributed by atoms with van der Waals surface area (Å²) in [4.78, 5) is 5.07. The highest BCUT2D eigenvalue weighted by Gasteiger charge is 2.33. The molecule has 0 aliphatic heterocycles. The Kier molecular flexibility index (Phi) is 5.79. The number of rotatable bonds is 8. The van der Waals surface area contributed by atoms with E-state index in [1.165, 1.54) is 0 Å². The van der Waals surface area contributed by atoms with Gasteiger partial charge in [-0.2, -0.15) is 5.10 Å². The van der Waals surface area contributed by atoms with E-state index in [-0.39, 0.29) is 12.0 Å². The number of sulfonamides is 1. The number of hydrogen-bond donors (Lipinski definition) is 2. The van der Waals surface area contributed by atoms with Crippen molar-refractivity contribution in [2.24, 2.45) is 13.0 Å². The second kappa shape index (κ2) is 8.91. The van der Waals surface area contributed by atoms with E-state index >= 15 is 0 Å². The lowest BCUT2D eigenvalue weighted by atomic mass is 10.00. The SMILES string of the molecule is Cc1cc(Nc2nncn2[C@@H]2CCc3c2cc(S(=O)(=O)NCC(C)C)c2cc(C4CC4)ncc32)n(C)n1. The topological polar surface area (TPSA) is 120 Å². The van der Waals surface area contributed by atoms with Crippen LogP contribution >= 0.6 is 0 Å². The average Bonchev–Trinajstić information content (AvgIpc) is 3.33. The normalized spacial score (nSPS) is 17.6. The second-order valence-corrected chi connectivity index (χ2v) is 12.4. The minimum atomic E-state index is -3.72. The Morgan fingerprint density at radius 2 is 1.95 bits per heavy atom. The van der Waals surface area contributed by atoms with Crippen LogP contribution in [-0.2, 0) is 23.5 Å². The molecule has 0 bridgehead atoms. The molecule has 37 heavy (non-hydrogen) atoms. The van der Waals surface area contributed by atoms with Gasteiger partial charge in [-0.05, 0) is 61.8 Å². The number of pyridine rings is 1. The number of fused-ring (bicyclic) bond motifs is 3. The summed E-state index contributed by atoms with van der Waals surface area (Å²) >= 11 is 0. The third-order valence-electron chi connectivity index (χ3n) is 7.29. The molecule has 6 rings (SSSR count). The lowest BCUT2D eigenvalue weighted by molar-refractivity contribution is 0.560. The number of aromatic nitrogens is 6. The zero-order chi connectivity index (χ0) is 25.9. The van der Waals surface area contributed by atoms with Gasteiger partial charge in [0, 0.05) is 48.2 Å². The first-order valence-corrected chi connectivity index (χ1v) is 14.3. The molecule has 1 saturated carbocycles. The van der Waals surface area contributed by atoms with Crippen LogP contribution in [0.5, 0.6) is 0 Å². The molecule has 0 radical (unpaired) electrons. The lowest BCUT2D eigenvalue weighted by Gasteiger charge is -2.19. The van der Waals surface area contributed by atoms with Crippen molar-refractivity contribution in [2.75, 3.05) is 11.9 Å². The molecule has 2 N–H and O–H groups in total. The molecule has 0 saturated heterocycles. The van der Waals surface area contributed by atoms with Crippen LogP contribution in [0.1, 0.15) is 67.6 Å². The molecule has 1 fully saturated rings. The van der Waals surface area contributed by atoms with Gasteiger partial charge in [0.05, 0.1) is 16.6 Å². The van der Waals surface area contributed by atoms with Crippen LogP contribution in [0.3, 0.4) is 0 Å². The highest BCUT2D eigenvalue weighted by Crippen LogP contribution is 2.44. The molecule has 0 amide bonds. The van der Waals surface area contributed by atoms with E-state index in [1.54, 1.807) is 11.0 Å². The molecule has 11 heteroatoms. The van der Waals surface area contributed by atoms with Gasteiger partial charge in [0.2, 0.25) is 16.0 Å². The Hall–Kier alpha value is -3.31. The van der Waals surface area contributed by atoms with Crippen molar-refractivity contribution >= 4 is 32.6 Å². The van der Waals surface area contributed by atoms with Gasteiger partial charge >= 0.3 is 0 Å². The summed E-state index contributed by atoms with van der Waals surface area (Å²) in [6, 6.07) is 5.71. The fourth-order valence-electron chi connectivity index (χ4n) is 5.26. The van der Waals surface area contributed by atoms with E-state index in [0.717, 1.165) is 64.8 Å². The zero-order valence-corrected chi connectivity index (χ0v) is 22.4. The van der Waals surface area contributed by atoms with Gasteiger partial charge in [-0.1, -0.05) is 13.8 Å². The van der Waals surface area contributed by atoms with Crippen molar-refractivity contribution in [1.29, 1.82) is 0 Å². The Morgan fingerprint density at radius 1 is 1.14 bits per heavy atom. The zero-order valence-electron chi connectivity index (χ0n) is 21.6. The van der Waals surface area contributed by atoms with Crippen molar-refractivity contribution in [2.45, 2.75) is 63.3 Å². The summed E-state index contributed by atoms with van der Waals surface area (Å²) in [7, 11) is -1.85. The number of anilines is 2. The summed E-state index contributed by atoms with van der Waals surface area (Å²) in [6.07, 6.45) is 7.44. The van der Waals surface area contributed by atoms with E-state index in [0.29, 0.717) is 23.3 Å². The van der Waals surface area contributed by atoms with Crippen LogP contribution in [-0.4, -0.2) is 44.5 Å². The summed E-state index contributed by atoms with van der Waals surface area (Å²) < 4.78 is 33.8. The third kappa shape index (κ3) is 4.40. The van der Waals surface area contributed by atoms with E-state index in [4.69, 9.17) is 4.98 Å².